The van der Waals surface area contributed by atoms with E-state index < -0.39 is 28.6 Å². The molecule has 0 bridgehead atoms. The lowest BCUT2D eigenvalue weighted by Crippen LogP contribution is -2.58. The van der Waals surface area contributed by atoms with E-state index in [9.17, 15) is 29.3 Å². The molecular weight excluding hydrogens is 478 g/mol. The third-order valence-electron chi connectivity index (χ3n) is 6.18. The van der Waals surface area contributed by atoms with Crippen molar-refractivity contribution in [2.24, 2.45) is 5.92 Å². The monoisotopic (exact) mass is 499 g/mol. The number of amides is 1. The second kappa shape index (κ2) is 9.60. The number of β-lactam (4-membered cyclic amide) rings is 1. The quantitative estimate of drug-likeness (QED) is 0.172. The number of carbonyl (C=O) groups excluding carboxylic acids is 4. The topological polar surface area (TPSA) is 168 Å². The second-order valence-corrected chi connectivity index (χ2v) is 8.04. The highest BCUT2D eigenvalue weighted by Crippen LogP contribution is 2.47. The summed E-state index contributed by atoms with van der Waals surface area (Å²) in [4.78, 5) is 62.2. The second-order valence-electron chi connectivity index (χ2n) is 8.04. The van der Waals surface area contributed by atoms with Gasteiger partial charge in [0.05, 0.1) is 31.1 Å². The molecule has 13 nitrogen and oxygen atoms in total. The van der Waals surface area contributed by atoms with Gasteiger partial charge < -0.3 is 23.6 Å². The van der Waals surface area contributed by atoms with Gasteiger partial charge in [0, 0.05) is 17.7 Å². The molecule has 2 aliphatic rings. The average Bonchev–Trinajstić information content (AvgIpc) is 3.46. The van der Waals surface area contributed by atoms with Gasteiger partial charge in [0.1, 0.15) is 23.6 Å². The first kappa shape index (κ1) is 24.6. The van der Waals surface area contributed by atoms with Crippen LogP contribution in [0.5, 0.6) is 0 Å². The molecule has 1 saturated heterocycles. The number of hydrogen-bond acceptors (Lipinski definition) is 11. The lowest BCUT2D eigenvalue weighted by Gasteiger charge is -2.43. The molecule has 188 valence electrons. The summed E-state index contributed by atoms with van der Waals surface area (Å²) in [6.45, 7) is 1.61. The fourth-order valence-electron chi connectivity index (χ4n) is 4.39. The predicted molar refractivity (Wildman–Crippen MR) is 118 cm³/mol. The van der Waals surface area contributed by atoms with E-state index in [1.54, 1.807) is 0 Å². The largest absolute Gasteiger partial charge is 0.465 e. The Morgan fingerprint density at radius 3 is 2.39 bits per heavy atom. The lowest BCUT2D eigenvalue weighted by atomic mass is 9.84. The van der Waals surface area contributed by atoms with Crippen LogP contribution in [-0.2, 0) is 30.4 Å². The first-order valence-corrected chi connectivity index (χ1v) is 10.9. The van der Waals surface area contributed by atoms with E-state index in [2.05, 4.69) is 9.89 Å². The third kappa shape index (κ3) is 3.97. The third-order valence-corrected chi connectivity index (χ3v) is 6.18. The van der Waals surface area contributed by atoms with E-state index in [1.165, 1.54) is 29.2 Å². The number of aromatic nitrogens is 1. The van der Waals surface area contributed by atoms with Crippen molar-refractivity contribution < 1.29 is 42.8 Å². The highest BCUT2D eigenvalue weighted by Gasteiger charge is 2.55. The van der Waals surface area contributed by atoms with Crippen LogP contribution in [0.15, 0.2) is 34.5 Å². The summed E-state index contributed by atoms with van der Waals surface area (Å²) in [5.41, 5.74) is -0.0154. The lowest BCUT2D eigenvalue weighted by molar-refractivity contribution is -0.384. The van der Waals surface area contributed by atoms with Crippen molar-refractivity contribution in [2.75, 3.05) is 14.2 Å². The summed E-state index contributed by atoms with van der Waals surface area (Å²) in [7, 11) is 2.20. The van der Waals surface area contributed by atoms with Crippen LogP contribution in [0.25, 0.3) is 5.57 Å². The van der Waals surface area contributed by atoms with Gasteiger partial charge in [-0.05, 0) is 30.5 Å². The Balaban J connectivity index is 1.71. The molecule has 2 aliphatic heterocycles. The molecule has 2 aromatic rings. The fraction of sp³-hybridized carbons (Fsp3) is 0.348. The number of esters is 3. The number of rotatable bonds is 8. The normalized spacial score (nSPS) is 18.4. The van der Waals surface area contributed by atoms with E-state index in [4.69, 9.17) is 14.0 Å². The Bertz CT molecular complexity index is 1290. The molecule has 13 heteroatoms. The highest BCUT2D eigenvalue weighted by atomic mass is 16.6. The van der Waals surface area contributed by atoms with Crippen molar-refractivity contribution in [3.63, 3.8) is 0 Å². The van der Waals surface area contributed by atoms with Crippen molar-refractivity contribution in [1.29, 1.82) is 0 Å². The number of nitrogens with zero attached hydrogens (tertiary/aromatic N) is 3. The van der Waals surface area contributed by atoms with E-state index in [1.807, 2.05) is 6.92 Å². The number of methoxy groups -OCH3 is 2. The van der Waals surface area contributed by atoms with Gasteiger partial charge in [-0.3, -0.25) is 14.9 Å². The van der Waals surface area contributed by atoms with Crippen LogP contribution in [0.3, 0.4) is 0 Å². The van der Waals surface area contributed by atoms with E-state index in [0.29, 0.717) is 12.0 Å². The van der Waals surface area contributed by atoms with E-state index >= 15 is 0 Å². The number of benzene rings is 1. The minimum Gasteiger partial charge on any atom is -0.465 e. The van der Waals surface area contributed by atoms with Crippen molar-refractivity contribution in [1.82, 2.24) is 10.1 Å². The van der Waals surface area contributed by atoms with Crippen LogP contribution < -0.4 is 0 Å². The number of fused-ring (bicyclic) bond motifs is 1. The van der Waals surface area contributed by atoms with Crippen LogP contribution in [0.1, 0.15) is 51.9 Å². The van der Waals surface area contributed by atoms with E-state index in [0.717, 1.165) is 14.2 Å². The molecule has 4 rings (SSSR count). The Hall–Kier alpha value is -4.55. The Morgan fingerprint density at radius 2 is 1.81 bits per heavy atom. The van der Waals surface area contributed by atoms with Gasteiger partial charge >= 0.3 is 17.9 Å². The smallest absolute Gasteiger partial charge is 0.377 e. The molecule has 1 fully saturated rings. The van der Waals surface area contributed by atoms with Crippen molar-refractivity contribution >= 4 is 35.1 Å². The van der Waals surface area contributed by atoms with Gasteiger partial charge in [-0.1, -0.05) is 12.1 Å². The van der Waals surface area contributed by atoms with Crippen LogP contribution in [-0.4, -0.2) is 59.1 Å². The van der Waals surface area contributed by atoms with Gasteiger partial charge in [-0.2, -0.15) is 0 Å². The molecular formula is C23H21N3O10. The maximum absolute atomic E-state index is 13.2. The Morgan fingerprint density at radius 1 is 1.14 bits per heavy atom. The summed E-state index contributed by atoms with van der Waals surface area (Å²) >= 11 is 0. The zero-order chi connectivity index (χ0) is 26.1. The van der Waals surface area contributed by atoms with Gasteiger partial charge in [-0.15, -0.1) is 0 Å². The van der Waals surface area contributed by atoms with E-state index in [-0.39, 0.29) is 59.1 Å². The maximum Gasteiger partial charge on any atom is 0.377 e. The number of hydrogen-bond donors (Lipinski definition) is 0. The molecule has 0 saturated carbocycles. The summed E-state index contributed by atoms with van der Waals surface area (Å²) in [6, 6.07) is 5.07. The number of nitro groups is 1. The number of nitro benzene ring substituents is 1. The summed E-state index contributed by atoms with van der Waals surface area (Å²) in [6.07, 6.45) is 0.706. The summed E-state index contributed by atoms with van der Waals surface area (Å²) in [5.74, 6) is -3.90. The fourth-order valence-corrected chi connectivity index (χ4v) is 4.39. The molecule has 2 atom stereocenters. The molecule has 1 aromatic carbocycles. The molecule has 0 radical (unpaired) electrons. The molecule has 0 aliphatic carbocycles. The van der Waals surface area contributed by atoms with Gasteiger partial charge in [0.15, 0.2) is 0 Å². The predicted octanol–water partition coefficient (Wildman–Crippen LogP) is 2.25. The highest BCUT2D eigenvalue weighted by molar-refractivity contribution is 6.10. The minimum absolute atomic E-state index is 0.117. The number of ether oxygens (including phenoxy) is 3. The zero-order valence-corrected chi connectivity index (χ0v) is 19.5. The number of carbonyl (C=O) groups is 4. The Kier molecular flexibility index (Phi) is 6.55. The van der Waals surface area contributed by atoms with Gasteiger partial charge in [0.2, 0.25) is 5.91 Å². The zero-order valence-electron chi connectivity index (χ0n) is 19.5. The molecule has 2 unspecified atom stereocenters. The van der Waals surface area contributed by atoms with Crippen molar-refractivity contribution in [3.8, 4) is 0 Å². The van der Waals surface area contributed by atoms with Gasteiger partial charge in [0.25, 0.3) is 11.4 Å². The van der Waals surface area contributed by atoms with Crippen LogP contribution >= 0.6 is 0 Å². The van der Waals surface area contributed by atoms with Crippen molar-refractivity contribution in [2.45, 2.75) is 32.4 Å². The van der Waals surface area contributed by atoms with Crippen LogP contribution in [0, 0.1) is 16.0 Å². The van der Waals surface area contributed by atoms with Crippen molar-refractivity contribution in [3.05, 3.63) is 62.7 Å². The molecule has 3 heterocycles. The number of non-ortho nitro benzene ring substituents is 1. The summed E-state index contributed by atoms with van der Waals surface area (Å²) in [5, 5.41) is 14.7. The average molecular weight is 499 g/mol. The first-order valence-electron chi connectivity index (χ1n) is 10.9. The van der Waals surface area contributed by atoms with Gasteiger partial charge in [-0.25, -0.2) is 14.4 Å². The molecule has 1 amide bonds. The Labute approximate surface area is 203 Å². The molecule has 0 spiro atoms. The standard InChI is InChI=1S/C23H21N3O10/c1-4-13-15-9-14(17-16(21(28)33-2)19(36-24-17)23(30)34-3)18(25(15)20(13)27)22(29)35-10-11-5-7-12(8-6-11)26(31)32/h5-8,13,15H,4,9-10H2,1-3H3. The minimum atomic E-state index is -0.971. The van der Waals surface area contributed by atoms with Crippen LogP contribution in [0.2, 0.25) is 0 Å². The summed E-state index contributed by atoms with van der Waals surface area (Å²) < 4.78 is 19.9. The molecule has 1 aromatic heterocycles. The maximum atomic E-state index is 13.2. The molecule has 0 N–H and O–H groups in total. The SMILES string of the molecule is CCC1C(=O)N2C(C(=O)OCc3ccc([N+](=O)[O-])cc3)=C(c3noc(C(=O)OC)c3C(=O)OC)CC12. The first-order chi connectivity index (χ1) is 17.2. The molecule has 36 heavy (non-hydrogen) atoms. The van der Waals surface area contributed by atoms with Crippen LogP contribution in [0.4, 0.5) is 5.69 Å².